The van der Waals surface area contributed by atoms with Gasteiger partial charge in [-0.15, -0.1) is 36.2 Å². The van der Waals surface area contributed by atoms with Crippen molar-refractivity contribution in [2.24, 2.45) is 11.8 Å². The minimum Gasteiger partial charge on any atom is -0.338 e. The molecule has 3 aromatic rings. The number of aromatic nitrogens is 1. The summed E-state index contributed by atoms with van der Waals surface area (Å²) in [6, 6.07) is 12.1. The van der Waals surface area contributed by atoms with Gasteiger partial charge in [-0.2, -0.15) is 0 Å². The van der Waals surface area contributed by atoms with Crippen molar-refractivity contribution in [3.8, 4) is 0 Å². The fourth-order valence-electron chi connectivity index (χ4n) is 4.12. The molecule has 0 saturated carbocycles. The third-order valence-electron chi connectivity index (χ3n) is 5.63. The molecule has 4 heterocycles. The molecule has 2 fully saturated rings. The molecule has 5 nitrogen and oxygen atoms in total. The average Bonchev–Trinajstić information content (AvgIpc) is 3.34. The molecule has 9 heteroatoms. The van der Waals surface area contributed by atoms with Gasteiger partial charge in [-0.3, -0.25) is 4.79 Å². The van der Waals surface area contributed by atoms with Gasteiger partial charge in [-0.1, -0.05) is 29.5 Å². The van der Waals surface area contributed by atoms with E-state index < -0.39 is 0 Å². The van der Waals surface area contributed by atoms with E-state index in [-0.39, 0.29) is 30.7 Å². The van der Waals surface area contributed by atoms with Crippen LogP contribution in [-0.2, 0) is 0 Å². The smallest absolute Gasteiger partial charge is 0.264 e. The van der Waals surface area contributed by atoms with Crippen LogP contribution in [0.25, 0.3) is 9.53 Å². The Morgan fingerprint density at radius 2 is 1.76 bits per heavy atom. The predicted molar refractivity (Wildman–Crippen MR) is 127 cm³/mol. The van der Waals surface area contributed by atoms with Gasteiger partial charge in [0.15, 0.2) is 5.13 Å². The van der Waals surface area contributed by atoms with Crippen molar-refractivity contribution in [2.75, 3.05) is 31.5 Å². The van der Waals surface area contributed by atoms with Crippen molar-refractivity contribution in [3.63, 3.8) is 0 Å². The molecule has 2 N–H and O–H groups in total. The van der Waals surface area contributed by atoms with E-state index in [0.717, 1.165) is 76.1 Å². The summed E-state index contributed by atoms with van der Waals surface area (Å²) in [5.74, 6) is 1.65. The van der Waals surface area contributed by atoms with Gasteiger partial charge in [0.05, 0.1) is 9.58 Å². The summed E-state index contributed by atoms with van der Waals surface area (Å²) in [4.78, 5) is 21.5. The van der Waals surface area contributed by atoms with Crippen LogP contribution in [0.15, 0.2) is 36.4 Å². The number of thiazole rings is 1. The second-order valence-corrected chi connectivity index (χ2v) is 9.40. The number of halogens is 2. The topological polar surface area (TPSA) is 57.3 Å². The zero-order valence-electron chi connectivity index (χ0n) is 15.8. The molecule has 2 aromatic heterocycles. The summed E-state index contributed by atoms with van der Waals surface area (Å²) in [5.41, 5.74) is 1.03. The van der Waals surface area contributed by atoms with Crippen molar-refractivity contribution >= 4 is 73.7 Å². The maximum atomic E-state index is 13.0. The minimum absolute atomic E-state index is 0. The molecule has 156 valence electrons. The van der Waals surface area contributed by atoms with Crippen LogP contribution in [0.3, 0.4) is 0 Å². The molecular weight excluding hydrogens is 447 g/mol. The molecule has 2 saturated heterocycles. The average molecular weight is 471 g/mol. The summed E-state index contributed by atoms with van der Waals surface area (Å²) >= 11 is 3.12. The zero-order chi connectivity index (χ0) is 18.2. The number of likely N-dealkylation sites (tertiary alicyclic amines) is 1. The maximum Gasteiger partial charge on any atom is 0.264 e. The number of para-hydroxylation sites is 1. The second-order valence-electron chi connectivity index (χ2n) is 7.34. The van der Waals surface area contributed by atoms with Crippen molar-refractivity contribution in [3.05, 3.63) is 41.3 Å². The molecule has 1 amide bonds. The van der Waals surface area contributed by atoms with Gasteiger partial charge in [0.1, 0.15) is 4.83 Å². The molecule has 2 aliphatic rings. The van der Waals surface area contributed by atoms with Crippen molar-refractivity contribution in [2.45, 2.75) is 12.8 Å². The summed E-state index contributed by atoms with van der Waals surface area (Å²) in [6.45, 7) is 3.98. The lowest BCUT2D eigenvalue weighted by molar-refractivity contribution is 0.0763. The van der Waals surface area contributed by atoms with Crippen LogP contribution in [0.5, 0.6) is 0 Å². The fraction of sp³-hybridized carbons (Fsp3) is 0.400. The van der Waals surface area contributed by atoms with Gasteiger partial charge in [-0.25, -0.2) is 4.98 Å². The second kappa shape index (κ2) is 9.62. The monoisotopic (exact) mass is 470 g/mol. The van der Waals surface area contributed by atoms with E-state index in [1.54, 1.807) is 11.3 Å². The zero-order valence-corrected chi connectivity index (χ0v) is 19.1. The number of benzene rings is 1. The summed E-state index contributed by atoms with van der Waals surface area (Å²) in [6.07, 6.45) is 2.24. The Morgan fingerprint density at radius 3 is 2.41 bits per heavy atom. The minimum atomic E-state index is 0. The van der Waals surface area contributed by atoms with Gasteiger partial charge in [0.2, 0.25) is 0 Å². The molecular formula is C20H24Cl2N4OS2. The van der Waals surface area contributed by atoms with E-state index in [2.05, 4.69) is 20.5 Å². The number of hydrogen-bond donors (Lipinski definition) is 2. The number of rotatable bonds is 3. The van der Waals surface area contributed by atoms with Crippen molar-refractivity contribution in [1.82, 2.24) is 15.2 Å². The molecule has 0 radical (unpaired) electrons. The van der Waals surface area contributed by atoms with Crippen LogP contribution in [0, 0.1) is 11.8 Å². The number of carbonyl (C=O) groups is 1. The number of nitrogens with one attached hydrogen (secondary N) is 2. The lowest BCUT2D eigenvalue weighted by Crippen LogP contribution is -2.32. The largest absolute Gasteiger partial charge is 0.338 e. The number of hydrogen-bond acceptors (Lipinski definition) is 6. The number of nitrogens with zero attached hydrogens (tertiary/aromatic N) is 2. The van der Waals surface area contributed by atoms with Crippen LogP contribution in [0.1, 0.15) is 22.5 Å². The van der Waals surface area contributed by atoms with E-state index in [1.165, 1.54) is 11.3 Å². The molecule has 0 unspecified atom stereocenters. The Hall–Kier alpha value is -1.38. The highest BCUT2D eigenvalue weighted by Gasteiger charge is 2.32. The van der Waals surface area contributed by atoms with Gasteiger partial charge >= 0.3 is 0 Å². The molecule has 2 atom stereocenters. The summed E-state index contributed by atoms with van der Waals surface area (Å²) < 4.78 is 1.08. The molecule has 5 rings (SSSR count). The summed E-state index contributed by atoms with van der Waals surface area (Å²) in [5, 5.41) is 7.70. The lowest BCUT2D eigenvalue weighted by Gasteiger charge is -2.20. The third-order valence-corrected chi connectivity index (χ3v) is 7.70. The van der Waals surface area contributed by atoms with Crippen molar-refractivity contribution in [1.29, 1.82) is 0 Å². The van der Waals surface area contributed by atoms with Crippen molar-refractivity contribution < 1.29 is 4.79 Å². The lowest BCUT2D eigenvalue weighted by atomic mass is 9.92. The Bertz CT molecular complexity index is 916. The number of carbonyl (C=O) groups excluding carboxylic acids is 1. The highest BCUT2D eigenvalue weighted by molar-refractivity contribution is 7.29. The first-order valence-corrected chi connectivity index (χ1v) is 11.1. The first-order chi connectivity index (χ1) is 13.3. The highest BCUT2D eigenvalue weighted by atomic mass is 35.5. The fourth-order valence-corrected chi connectivity index (χ4v) is 6.22. The van der Waals surface area contributed by atoms with Crippen LogP contribution < -0.4 is 10.6 Å². The van der Waals surface area contributed by atoms with E-state index in [1.807, 2.05) is 36.4 Å². The SMILES string of the molecule is Cl.Cl.O=C(c1cc2sc(Nc3ccccc3)nc2s1)N1CC[C@@H]2CNC[C@@H]2CC1. The normalized spacial score (nSPS) is 21.0. The molecule has 29 heavy (non-hydrogen) atoms. The van der Waals surface area contributed by atoms with Crippen LogP contribution in [-0.4, -0.2) is 42.0 Å². The van der Waals surface area contributed by atoms with Crippen LogP contribution in [0.2, 0.25) is 0 Å². The Morgan fingerprint density at radius 1 is 1.07 bits per heavy atom. The predicted octanol–water partition coefficient (Wildman–Crippen LogP) is 5.02. The van der Waals surface area contributed by atoms with Gasteiger partial charge in [0.25, 0.3) is 5.91 Å². The number of anilines is 2. The Balaban J connectivity index is 0.00000120. The number of fused-ring (bicyclic) bond motifs is 2. The van der Waals surface area contributed by atoms with Gasteiger partial charge < -0.3 is 15.5 Å². The molecule has 0 spiro atoms. The van der Waals surface area contributed by atoms with E-state index >= 15 is 0 Å². The summed E-state index contributed by atoms with van der Waals surface area (Å²) in [7, 11) is 0. The first kappa shape index (κ1) is 22.3. The van der Waals surface area contributed by atoms with Crippen LogP contribution in [0.4, 0.5) is 10.8 Å². The molecule has 0 bridgehead atoms. The standard InChI is InChI=1S/C20H22N4OS2.2ClH/c25-19(24-8-6-13-11-21-12-14(13)7-9-24)17-10-16-18(26-17)23-20(27-16)22-15-4-2-1-3-5-15;;/h1-5,10,13-14,21H,6-9,11-12H2,(H,22,23);2*1H/t13-,14+;;. The highest BCUT2D eigenvalue weighted by Crippen LogP contribution is 2.35. The number of thiophene rings is 1. The van der Waals surface area contributed by atoms with Crippen LogP contribution >= 0.6 is 47.5 Å². The van der Waals surface area contributed by atoms with Gasteiger partial charge in [0, 0.05) is 18.8 Å². The number of amides is 1. The first-order valence-electron chi connectivity index (χ1n) is 9.49. The molecule has 0 aliphatic carbocycles. The third kappa shape index (κ3) is 4.70. The Kier molecular flexibility index (Phi) is 7.40. The van der Waals surface area contributed by atoms with E-state index in [4.69, 9.17) is 0 Å². The Labute approximate surface area is 190 Å². The van der Waals surface area contributed by atoms with E-state index in [0.29, 0.717) is 0 Å². The van der Waals surface area contributed by atoms with Gasteiger partial charge in [-0.05, 0) is 56.0 Å². The molecule has 1 aromatic carbocycles. The maximum absolute atomic E-state index is 13.0. The molecule has 2 aliphatic heterocycles. The van der Waals surface area contributed by atoms with E-state index in [9.17, 15) is 4.79 Å². The quantitative estimate of drug-likeness (QED) is 0.564.